The van der Waals surface area contributed by atoms with E-state index in [9.17, 15) is 10.1 Å². The molecule has 1 atom stereocenters. The van der Waals surface area contributed by atoms with Crippen LogP contribution in [0.4, 0.5) is 10.5 Å². The van der Waals surface area contributed by atoms with Crippen molar-refractivity contribution < 1.29 is 9.63 Å². The van der Waals surface area contributed by atoms with E-state index in [-0.39, 0.29) is 11.7 Å². The average molecular weight is 398 g/mol. The van der Waals surface area contributed by atoms with Gasteiger partial charge in [-0.3, -0.25) is 4.90 Å². The number of oxime groups is 1. The van der Waals surface area contributed by atoms with Crippen LogP contribution < -0.4 is 4.90 Å². The quantitative estimate of drug-likeness (QED) is 0.470. The van der Waals surface area contributed by atoms with Crippen LogP contribution in [0.5, 0.6) is 0 Å². The summed E-state index contributed by atoms with van der Waals surface area (Å²) in [6.45, 7) is 3.84. The van der Waals surface area contributed by atoms with Crippen molar-refractivity contribution in [3.05, 3.63) is 78.4 Å². The van der Waals surface area contributed by atoms with Crippen LogP contribution >= 0.6 is 0 Å². The lowest BCUT2D eigenvalue weighted by atomic mass is 10.0. The van der Waals surface area contributed by atoms with E-state index in [1.165, 1.54) is 0 Å². The van der Waals surface area contributed by atoms with E-state index in [0.717, 1.165) is 16.5 Å². The Labute approximate surface area is 175 Å². The Balaban J connectivity index is 1.78. The summed E-state index contributed by atoms with van der Waals surface area (Å²) in [4.78, 5) is 22.4. The van der Waals surface area contributed by atoms with Crippen LogP contribution in [-0.2, 0) is 4.84 Å². The van der Waals surface area contributed by atoms with E-state index in [0.29, 0.717) is 5.56 Å². The molecule has 6 heteroatoms. The van der Waals surface area contributed by atoms with Crippen LogP contribution in [0, 0.1) is 11.3 Å². The van der Waals surface area contributed by atoms with Gasteiger partial charge in [-0.25, -0.2) is 4.79 Å². The fourth-order valence-corrected chi connectivity index (χ4v) is 3.65. The number of urea groups is 1. The van der Waals surface area contributed by atoms with Crippen molar-refractivity contribution in [1.82, 2.24) is 4.90 Å². The van der Waals surface area contributed by atoms with Crippen molar-refractivity contribution >= 4 is 28.2 Å². The molecule has 0 saturated carbocycles. The molecule has 30 heavy (non-hydrogen) atoms. The van der Waals surface area contributed by atoms with Gasteiger partial charge in [0, 0.05) is 18.0 Å². The molecule has 0 radical (unpaired) electrons. The van der Waals surface area contributed by atoms with Crippen molar-refractivity contribution in [2.24, 2.45) is 5.16 Å². The number of carbonyl (C=O) groups is 1. The fourth-order valence-electron chi connectivity index (χ4n) is 3.65. The summed E-state index contributed by atoms with van der Waals surface area (Å²) in [5.41, 5.74) is 0.891. The van der Waals surface area contributed by atoms with Gasteiger partial charge in [0.25, 0.3) is 0 Å². The molecule has 1 fully saturated rings. The number of hydrogen-bond acceptors (Lipinski definition) is 4. The molecule has 2 amide bonds. The monoisotopic (exact) mass is 398 g/mol. The average Bonchev–Trinajstić information content (AvgIpc) is 2.94. The predicted octanol–water partition coefficient (Wildman–Crippen LogP) is 4.76. The Bertz CT molecular complexity index is 1160. The maximum Gasteiger partial charge on any atom is 0.328 e. The highest BCUT2D eigenvalue weighted by atomic mass is 16.7. The molecule has 3 aromatic carbocycles. The molecular weight excluding hydrogens is 376 g/mol. The molecule has 0 spiro atoms. The Morgan fingerprint density at radius 1 is 1.03 bits per heavy atom. The summed E-state index contributed by atoms with van der Waals surface area (Å²) in [7, 11) is 1.75. The SMILES string of the molecule is CN1C(=O)N(c2cccc3ccccc23)[C@@H](O/N=C(\C#N)c2ccccc2)C1(C)C. The normalized spacial score (nSPS) is 18.5. The third-order valence-corrected chi connectivity index (χ3v) is 5.62. The molecule has 1 aliphatic rings. The number of hydrogen-bond donors (Lipinski definition) is 0. The van der Waals surface area contributed by atoms with Crippen LogP contribution in [0.3, 0.4) is 0 Å². The van der Waals surface area contributed by atoms with Gasteiger partial charge in [-0.1, -0.05) is 71.9 Å². The Morgan fingerprint density at radius 2 is 1.70 bits per heavy atom. The van der Waals surface area contributed by atoms with E-state index in [2.05, 4.69) is 11.2 Å². The lowest BCUT2D eigenvalue weighted by Gasteiger charge is -2.31. The van der Waals surface area contributed by atoms with Crippen molar-refractivity contribution in [3.8, 4) is 6.07 Å². The molecule has 0 N–H and O–H groups in total. The molecule has 3 aromatic rings. The van der Waals surface area contributed by atoms with E-state index in [1.807, 2.05) is 74.5 Å². The first-order chi connectivity index (χ1) is 14.4. The second kappa shape index (κ2) is 7.53. The number of nitriles is 1. The van der Waals surface area contributed by atoms with Gasteiger partial charge < -0.3 is 9.74 Å². The first-order valence-corrected chi connectivity index (χ1v) is 9.69. The van der Waals surface area contributed by atoms with E-state index >= 15 is 0 Å². The summed E-state index contributed by atoms with van der Waals surface area (Å²) in [5, 5.41) is 15.7. The van der Waals surface area contributed by atoms with Crippen molar-refractivity contribution in [3.63, 3.8) is 0 Å². The van der Waals surface area contributed by atoms with Gasteiger partial charge in [-0.15, -0.1) is 0 Å². The first-order valence-electron chi connectivity index (χ1n) is 9.69. The maximum atomic E-state index is 13.2. The van der Waals surface area contributed by atoms with E-state index in [4.69, 9.17) is 4.84 Å². The second-order valence-corrected chi connectivity index (χ2v) is 7.74. The molecule has 1 saturated heterocycles. The summed E-state index contributed by atoms with van der Waals surface area (Å²) in [6, 6.07) is 24.7. The van der Waals surface area contributed by atoms with E-state index < -0.39 is 11.8 Å². The lowest BCUT2D eigenvalue weighted by molar-refractivity contribution is 0.000966. The minimum atomic E-state index is -0.715. The highest BCUT2D eigenvalue weighted by molar-refractivity contribution is 6.11. The molecule has 4 rings (SSSR count). The zero-order valence-electron chi connectivity index (χ0n) is 17.1. The second-order valence-electron chi connectivity index (χ2n) is 7.74. The molecule has 0 unspecified atom stereocenters. The van der Waals surface area contributed by atoms with Gasteiger partial charge in [0.1, 0.15) is 6.07 Å². The first kappa shape index (κ1) is 19.5. The molecule has 1 heterocycles. The topological polar surface area (TPSA) is 68.9 Å². The smallest absolute Gasteiger partial charge is 0.328 e. The number of fused-ring (bicyclic) bond motifs is 1. The van der Waals surface area contributed by atoms with E-state index in [1.54, 1.807) is 29.0 Å². The standard InChI is InChI=1S/C24H22N4O2/c1-24(2)22(30-26-20(16-25)18-11-5-4-6-12-18)28(23(29)27(24)3)21-15-9-13-17-10-7-8-14-19(17)21/h4-15,22H,1-3H3/b26-20+/t22-/m0/s1. The minimum Gasteiger partial charge on any atom is -0.366 e. The highest BCUT2D eigenvalue weighted by Gasteiger charge is 2.53. The largest absolute Gasteiger partial charge is 0.366 e. The fraction of sp³-hybridized carbons (Fsp3) is 0.208. The van der Waals surface area contributed by atoms with Gasteiger partial charge in [0.15, 0.2) is 5.71 Å². The zero-order valence-corrected chi connectivity index (χ0v) is 17.1. The summed E-state index contributed by atoms with van der Waals surface area (Å²) < 4.78 is 0. The van der Waals surface area contributed by atoms with Gasteiger partial charge in [-0.05, 0) is 25.3 Å². The lowest BCUT2D eigenvalue weighted by Crippen LogP contribution is -2.46. The summed E-state index contributed by atoms with van der Waals surface area (Å²) in [6.07, 6.45) is -0.715. The maximum absolute atomic E-state index is 13.2. The number of benzene rings is 3. The van der Waals surface area contributed by atoms with Gasteiger partial charge >= 0.3 is 6.03 Å². The van der Waals surface area contributed by atoms with Gasteiger partial charge in [-0.2, -0.15) is 5.26 Å². The van der Waals surface area contributed by atoms with Crippen LogP contribution in [0.2, 0.25) is 0 Å². The molecule has 1 aliphatic heterocycles. The third kappa shape index (κ3) is 3.15. The number of rotatable bonds is 4. The number of carbonyl (C=O) groups excluding carboxylic acids is 1. The molecule has 0 aromatic heterocycles. The Kier molecular flexibility index (Phi) is 4.88. The van der Waals surface area contributed by atoms with Crippen molar-refractivity contribution in [1.29, 1.82) is 5.26 Å². The number of amides is 2. The number of likely N-dealkylation sites (N-methyl/N-ethyl adjacent to an activating group) is 1. The van der Waals surface area contributed by atoms with Crippen LogP contribution in [0.1, 0.15) is 19.4 Å². The number of nitrogens with zero attached hydrogens (tertiary/aromatic N) is 4. The molecule has 0 bridgehead atoms. The molecule has 0 aliphatic carbocycles. The molecule has 150 valence electrons. The third-order valence-electron chi connectivity index (χ3n) is 5.62. The van der Waals surface area contributed by atoms with Gasteiger partial charge in [0.05, 0.1) is 11.2 Å². The summed E-state index contributed by atoms with van der Waals surface area (Å²) >= 11 is 0. The van der Waals surface area contributed by atoms with Crippen molar-refractivity contribution in [2.75, 3.05) is 11.9 Å². The zero-order chi connectivity index (χ0) is 21.3. The Morgan fingerprint density at radius 3 is 2.43 bits per heavy atom. The Hall–Kier alpha value is -3.85. The summed E-state index contributed by atoms with van der Waals surface area (Å²) in [5.74, 6) is 0. The predicted molar refractivity (Wildman–Crippen MR) is 117 cm³/mol. The van der Waals surface area contributed by atoms with Gasteiger partial charge in [0.2, 0.25) is 6.23 Å². The van der Waals surface area contributed by atoms with Crippen LogP contribution in [0.15, 0.2) is 78.0 Å². The van der Waals surface area contributed by atoms with Crippen LogP contribution in [-0.4, -0.2) is 35.5 Å². The minimum absolute atomic E-state index is 0.159. The van der Waals surface area contributed by atoms with Crippen LogP contribution in [0.25, 0.3) is 10.8 Å². The molecular formula is C24H22N4O2. The highest BCUT2D eigenvalue weighted by Crippen LogP contribution is 2.39. The molecule has 6 nitrogen and oxygen atoms in total. The number of anilines is 1. The van der Waals surface area contributed by atoms with Crippen molar-refractivity contribution in [2.45, 2.75) is 25.6 Å².